The van der Waals surface area contributed by atoms with Crippen LogP contribution in [0.4, 0.5) is 0 Å². The largest absolute Gasteiger partial charge is 0.390 e. The van der Waals surface area contributed by atoms with E-state index in [1.54, 1.807) is 0 Å². The van der Waals surface area contributed by atoms with Gasteiger partial charge >= 0.3 is 0 Å². The summed E-state index contributed by atoms with van der Waals surface area (Å²) in [4.78, 5) is 0. The number of rotatable bonds is 7. The molecule has 0 atom stereocenters. The van der Waals surface area contributed by atoms with E-state index in [1.807, 2.05) is 6.92 Å². The highest BCUT2D eigenvalue weighted by molar-refractivity contribution is 4.94. The van der Waals surface area contributed by atoms with E-state index in [1.165, 1.54) is 25.7 Å². The summed E-state index contributed by atoms with van der Waals surface area (Å²) in [5.74, 6) is 0. The Kier molecular flexibility index (Phi) is 4.90. The number of hydrogen-bond acceptors (Lipinski definition) is 2. The zero-order chi connectivity index (χ0) is 10.4. The quantitative estimate of drug-likeness (QED) is 0.640. The monoisotopic (exact) mass is 200 g/mol. The average molecular weight is 200 g/mol. The number of aliphatic hydroxyl groups is 1. The Bertz CT molecular complexity index is 150. The van der Waals surface area contributed by atoms with Crippen LogP contribution in [0.15, 0.2) is 0 Å². The highest BCUT2D eigenvalue weighted by atomic mass is 16.5. The summed E-state index contributed by atoms with van der Waals surface area (Å²) in [5.41, 5.74) is -0.381. The molecule has 84 valence electrons. The van der Waals surface area contributed by atoms with Crippen LogP contribution in [0, 0.1) is 0 Å². The minimum atomic E-state index is -0.381. The average Bonchev–Trinajstić information content (AvgIpc) is 2.11. The van der Waals surface area contributed by atoms with E-state index in [0.717, 1.165) is 25.9 Å². The number of hydrogen-bond donors (Lipinski definition) is 1. The standard InChI is InChI=1S/C12H24O2/c1-3-5-6-7-8-12(13)9-11(10-12)14-4-2/h11,13H,3-10H2,1-2H3. The first-order valence-corrected chi connectivity index (χ1v) is 6.04. The highest BCUT2D eigenvalue weighted by Gasteiger charge is 2.42. The lowest BCUT2D eigenvalue weighted by Crippen LogP contribution is -2.48. The van der Waals surface area contributed by atoms with Crippen molar-refractivity contribution in [2.45, 2.75) is 70.5 Å². The second kappa shape index (κ2) is 5.72. The van der Waals surface area contributed by atoms with E-state index in [4.69, 9.17) is 4.74 Å². The van der Waals surface area contributed by atoms with Gasteiger partial charge in [0.15, 0.2) is 0 Å². The molecule has 14 heavy (non-hydrogen) atoms. The van der Waals surface area contributed by atoms with Gasteiger partial charge in [-0.3, -0.25) is 0 Å². The fraction of sp³-hybridized carbons (Fsp3) is 1.00. The van der Waals surface area contributed by atoms with Crippen molar-refractivity contribution in [2.24, 2.45) is 0 Å². The van der Waals surface area contributed by atoms with Crippen LogP contribution in [0.3, 0.4) is 0 Å². The van der Waals surface area contributed by atoms with Gasteiger partial charge in [-0.15, -0.1) is 0 Å². The molecule has 0 aromatic carbocycles. The molecule has 0 amide bonds. The van der Waals surface area contributed by atoms with Gasteiger partial charge in [0.25, 0.3) is 0 Å². The summed E-state index contributed by atoms with van der Waals surface area (Å²) in [5, 5.41) is 10.0. The number of unbranched alkanes of at least 4 members (excludes halogenated alkanes) is 3. The third-order valence-electron chi connectivity index (χ3n) is 3.11. The van der Waals surface area contributed by atoms with Crippen molar-refractivity contribution in [3.05, 3.63) is 0 Å². The first kappa shape index (κ1) is 12.0. The molecule has 1 rings (SSSR count). The molecule has 1 aliphatic rings. The molecule has 0 radical (unpaired) electrons. The Labute approximate surface area is 87.7 Å². The molecule has 0 bridgehead atoms. The molecule has 0 aromatic heterocycles. The minimum absolute atomic E-state index is 0.330. The van der Waals surface area contributed by atoms with Crippen molar-refractivity contribution in [1.29, 1.82) is 0 Å². The van der Waals surface area contributed by atoms with E-state index in [2.05, 4.69) is 6.92 Å². The molecule has 0 saturated heterocycles. The molecule has 1 aliphatic carbocycles. The predicted octanol–water partition coefficient (Wildman–Crippen LogP) is 2.89. The predicted molar refractivity (Wildman–Crippen MR) is 58.4 cm³/mol. The normalized spacial score (nSPS) is 31.5. The van der Waals surface area contributed by atoms with Gasteiger partial charge in [-0.1, -0.05) is 32.6 Å². The van der Waals surface area contributed by atoms with Gasteiger partial charge in [0.1, 0.15) is 0 Å². The zero-order valence-corrected chi connectivity index (χ0v) is 9.59. The summed E-state index contributed by atoms with van der Waals surface area (Å²) in [6.45, 7) is 5.00. The fourth-order valence-corrected chi connectivity index (χ4v) is 2.23. The van der Waals surface area contributed by atoms with Crippen molar-refractivity contribution in [3.63, 3.8) is 0 Å². The molecule has 1 fully saturated rings. The summed E-state index contributed by atoms with van der Waals surface area (Å²) in [6, 6.07) is 0. The van der Waals surface area contributed by atoms with Gasteiger partial charge < -0.3 is 9.84 Å². The Morgan fingerprint density at radius 2 is 1.93 bits per heavy atom. The Balaban J connectivity index is 2.02. The van der Waals surface area contributed by atoms with E-state index >= 15 is 0 Å². The fourth-order valence-electron chi connectivity index (χ4n) is 2.23. The summed E-state index contributed by atoms with van der Waals surface area (Å²) < 4.78 is 5.44. The molecule has 1 N–H and O–H groups in total. The van der Waals surface area contributed by atoms with Crippen LogP contribution < -0.4 is 0 Å². The summed E-state index contributed by atoms with van der Waals surface area (Å²) in [6.07, 6.45) is 8.00. The van der Waals surface area contributed by atoms with E-state index in [-0.39, 0.29) is 5.60 Å². The van der Waals surface area contributed by atoms with E-state index in [0.29, 0.717) is 6.10 Å². The van der Waals surface area contributed by atoms with Gasteiger partial charge in [0, 0.05) is 19.4 Å². The third-order valence-corrected chi connectivity index (χ3v) is 3.11. The van der Waals surface area contributed by atoms with Gasteiger partial charge in [0.05, 0.1) is 11.7 Å². The molecule has 0 aliphatic heterocycles. The molecular formula is C12H24O2. The van der Waals surface area contributed by atoms with Gasteiger partial charge in [-0.25, -0.2) is 0 Å². The van der Waals surface area contributed by atoms with Crippen LogP contribution in [0.1, 0.15) is 58.8 Å². The molecule has 0 aromatic rings. The second-order valence-electron chi connectivity index (χ2n) is 4.52. The van der Waals surface area contributed by atoms with E-state index < -0.39 is 0 Å². The van der Waals surface area contributed by atoms with Crippen LogP contribution in [-0.4, -0.2) is 23.4 Å². The molecule has 2 nitrogen and oxygen atoms in total. The lowest BCUT2D eigenvalue weighted by Gasteiger charge is -2.43. The van der Waals surface area contributed by atoms with Gasteiger partial charge in [-0.2, -0.15) is 0 Å². The van der Waals surface area contributed by atoms with Crippen LogP contribution in [-0.2, 0) is 4.74 Å². The Morgan fingerprint density at radius 1 is 1.21 bits per heavy atom. The molecule has 0 heterocycles. The van der Waals surface area contributed by atoms with Crippen molar-refractivity contribution < 1.29 is 9.84 Å². The maximum Gasteiger partial charge on any atom is 0.0697 e. The van der Waals surface area contributed by atoms with Crippen LogP contribution in [0.25, 0.3) is 0 Å². The van der Waals surface area contributed by atoms with Gasteiger partial charge in [0.2, 0.25) is 0 Å². The lowest BCUT2D eigenvalue weighted by molar-refractivity contribution is -0.141. The SMILES string of the molecule is CCCCCCC1(O)CC(OCC)C1. The molecule has 2 heteroatoms. The summed E-state index contributed by atoms with van der Waals surface area (Å²) >= 11 is 0. The lowest BCUT2D eigenvalue weighted by atomic mass is 9.74. The highest BCUT2D eigenvalue weighted by Crippen LogP contribution is 2.38. The van der Waals surface area contributed by atoms with Crippen LogP contribution in [0.2, 0.25) is 0 Å². The Hall–Kier alpha value is -0.0800. The topological polar surface area (TPSA) is 29.5 Å². The Morgan fingerprint density at radius 3 is 2.50 bits per heavy atom. The van der Waals surface area contributed by atoms with E-state index in [9.17, 15) is 5.11 Å². The zero-order valence-electron chi connectivity index (χ0n) is 9.59. The maximum absolute atomic E-state index is 10.0. The van der Waals surface area contributed by atoms with Crippen molar-refractivity contribution >= 4 is 0 Å². The van der Waals surface area contributed by atoms with Crippen molar-refractivity contribution in [3.8, 4) is 0 Å². The van der Waals surface area contributed by atoms with Crippen molar-refractivity contribution in [1.82, 2.24) is 0 Å². The molecule has 0 spiro atoms. The first-order chi connectivity index (χ1) is 6.70. The second-order valence-corrected chi connectivity index (χ2v) is 4.52. The van der Waals surface area contributed by atoms with Crippen LogP contribution >= 0.6 is 0 Å². The molecule has 1 saturated carbocycles. The molecule has 0 unspecified atom stereocenters. The molecular weight excluding hydrogens is 176 g/mol. The summed E-state index contributed by atoms with van der Waals surface area (Å²) in [7, 11) is 0. The smallest absolute Gasteiger partial charge is 0.0697 e. The van der Waals surface area contributed by atoms with Crippen molar-refractivity contribution in [2.75, 3.05) is 6.61 Å². The van der Waals surface area contributed by atoms with Gasteiger partial charge in [-0.05, 0) is 13.3 Å². The minimum Gasteiger partial charge on any atom is -0.390 e. The third kappa shape index (κ3) is 3.58. The number of ether oxygens (including phenoxy) is 1. The maximum atomic E-state index is 10.0. The van der Waals surface area contributed by atoms with Crippen LogP contribution in [0.5, 0.6) is 0 Å². The first-order valence-electron chi connectivity index (χ1n) is 6.04.